The number of hydrogen-bond acceptors (Lipinski definition) is 2. The Bertz CT molecular complexity index is 721. The van der Waals surface area contributed by atoms with Crippen molar-refractivity contribution in [2.75, 3.05) is 6.54 Å². The highest BCUT2D eigenvalue weighted by Crippen LogP contribution is 2.31. The lowest BCUT2D eigenvalue weighted by molar-refractivity contribution is 0.895. The number of nitrogens with zero attached hydrogens (tertiary/aromatic N) is 1. The maximum atomic E-state index is 5.56. The molecule has 0 bridgehead atoms. The molecule has 0 amide bonds. The molecule has 0 spiro atoms. The molecule has 0 aliphatic heterocycles. The van der Waals surface area contributed by atoms with E-state index in [0.29, 0.717) is 6.54 Å². The van der Waals surface area contributed by atoms with Gasteiger partial charge in [0.2, 0.25) is 0 Å². The van der Waals surface area contributed by atoms with E-state index < -0.39 is 0 Å². The zero-order valence-corrected chi connectivity index (χ0v) is 11.2. The van der Waals surface area contributed by atoms with Crippen LogP contribution < -0.4 is 5.73 Å². The van der Waals surface area contributed by atoms with E-state index in [4.69, 9.17) is 5.73 Å². The fourth-order valence-electron chi connectivity index (χ4n) is 2.55. The normalized spacial score (nSPS) is 11.3. The molecular weight excluding hydrogens is 236 g/mol. The summed E-state index contributed by atoms with van der Waals surface area (Å²) in [6.45, 7) is 4.80. The summed E-state index contributed by atoms with van der Waals surface area (Å²) in [6, 6.07) is 6.46. The van der Waals surface area contributed by atoms with Gasteiger partial charge in [0.05, 0.1) is 11.9 Å². The monoisotopic (exact) mass is 254 g/mol. The van der Waals surface area contributed by atoms with Crippen molar-refractivity contribution in [2.45, 2.75) is 20.3 Å². The Kier molecular flexibility index (Phi) is 2.87. The van der Waals surface area contributed by atoms with Gasteiger partial charge in [0, 0.05) is 28.6 Å². The van der Waals surface area contributed by atoms with E-state index in [9.17, 15) is 0 Å². The minimum Gasteiger partial charge on any atom is -0.358 e. The molecule has 2 aromatic heterocycles. The lowest BCUT2D eigenvalue weighted by atomic mass is 10.1. The Morgan fingerprint density at radius 2 is 2.05 bits per heavy atom. The van der Waals surface area contributed by atoms with Crippen LogP contribution in [0.5, 0.6) is 0 Å². The topological polar surface area (TPSA) is 70.5 Å². The van der Waals surface area contributed by atoms with Gasteiger partial charge in [-0.15, -0.1) is 0 Å². The van der Waals surface area contributed by atoms with Gasteiger partial charge in [-0.3, -0.25) is 0 Å². The van der Waals surface area contributed by atoms with Crippen LogP contribution in [0.25, 0.3) is 22.2 Å². The molecule has 0 radical (unpaired) electrons. The molecule has 0 fully saturated rings. The van der Waals surface area contributed by atoms with Crippen LogP contribution in [-0.2, 0) is 6.42 Å². The van der Waals surface area contributed by atoms with Crippen molar-refractivity contribution in [2.24, 2.45) is 5.73 Å². The van der Waals surface area contributed by atoms with Gasteiger partial charge in [-0.05, 0) is 32.0 Å². The van der Waals surface area contributed by atoms with E-state index in [1.807, 2.05) is 6.20 Å². The first-order valence-corrected chi connectivity index (χ1v) is 6.52. The molecule has 0 saturated heterocycles. The molecule has 0 aliphatic carbocycles. The van der Waals surface area contributed by atoms with Crippen molar-refractivity contribution < 1.29 is 0 Å². The number of hydrogen-bond donors (Lipinski definition) is 3. The summed E-state index contributed by atoms with van der Waals surface area (Å²) in [7, 11) is 0. The standard InChI is InChI=1S/C15H18N4/c1-9-3-4-11-12(7-9)18-10(2)15(11)13-8-17-14(19-13)5-6-16/h3-4,7-8,18H,5-6,16H2,1-2H3,(H,17,19). The second-order valence-corrected chi connectivity index (χ2v) is 4.96. The van der Waals surface area contributed by atoms with E-state index in [1.165, 1.54) is 22.0 Å². The van der Waals surface area contributed by atoms with Gasteiger partial charge in [0.25, 0.3) is 0 Å². The fraction of sp³-hybridized carbons (Fsp3) is 0.267. The Hall–Kier alpha value is -2.07. The maximum Gasteiger partial charge on any atom is 0.107 e. The first-order chi connectivity index (χ1) is 9.19. The summed E-state index contributed by atoms with van der Waals surface area (Å²) >= 11 is 0. The Morgan fingerprint density at radius 3 is 2.84 bits per heavy atom. The predicted molar refractivity (Wildman–Crippen MR) is 78.1 cm³/mol. The lowest BCUT2D eigenvalue weighted by Gasteiger charge is -1.98. The van der Waals surface area contributed by atoms with E-state index in [1.54, 1.807) is 0 Å². The van der Waals surface area contributed by atoms with E-state index in [2.05, 4.69) is 47.0 Å². The summed E-state index contributed by atoms with van der Waals surface area (Å²) in [6.07, 6.45) is 2.67. The molecule has 0 atom stereocenters. The zero-order valence-electron chi connectivity index (χ0n) is 11.2. The number of rotatable bonds is 3. The molecule has 2 heterocycles. The SMILES string of the molecule is Cc1ccc2c(-c3cnc(CCN)[nH]3)c(C)[nH]c2c1. The van der Waals surface area contributed by atoms with E-state index in [-0.39, 0.29) is 0 Å². The number of H-pyrrole nitrogens is 2. The van der Waals surface area contributed by atoms with Gasteiger partial charge < -0.3 is 15.7 Å². The highest BCUT2D eigenvalue weighted by Gasteiger charge is 2.12. The molecule has 3 aromatic rings. The summed E-state index contributed by atoms with van der Waals surface area (Å²) < 4.78 is 0. The van der Waals surface area contributed by atoms with Gasteiger partial charge in [0.1, 0.15) is 5.82 Å². The fourth-order valence-corrected chi connectivity index (χ4v) is 2.55. The van der Waals surface area contributed by atoms with Crippen molar-refractivity contribution in [3.8, 4) is 11.3 Å². The van der Waals surface area contributed by atoms with Gasteiger partial charge in [-0.2, -0.15) is 0 Å². The smallest absolute Gasteiger partial charge is 0.107 e. The molecule has 0 aliphatic rings. The van der Waals surface area contributed by atoms with E-state index in [0.717, 1.165) is 23.6 Å². The Labute approximate surface area is 112 Å². The van der Waals surface area contributed by atoms with Gasteiger partial charge in [-0.1, -0.05) is 12.1 Å². The zero-order chi connectivity index (χ0) is 13.4. The first kappa shape index (κ1) is 12.0. The number of aromatic nitrogens is 3. The predicted octanol–water partition coefficient (Wildman–Crippen LogP) is 2.68. The van der Waals surface area contributed by atoms with Crippen LogP contribution in [0.15, 0.2) is 24.4 Å². The van der Waals surface area contributed by atoms with Gasteiger partial charge in [0.15, 0.2) is 0 Å². The molecule has 0 saturated carbocycles. The van der Waals surface area contributed by atoms with Gasteiger partial charge in [-0.25, -0.2) is 4.98 Å². The Morgan fingerprint density at radius 1 is 1.21 bits per heavy atom. The van der Waals surface area contributed by atoms with E-state index >= 15 is 0 Å². The summed E-state index contributed by atoms with van der Waals surface area (Å²) in [4.78, 5) is 11.2. The van der Waals surface area contributed by atoms with Crippen LogP contribution >= 0.6 is 0 Å². The molecule has 4 heteroatoms. The number of nitrogens with two attached hydrogens (primary N) is 1. The third-order valence-corrected chi connectivity index (χ3v) is 3.42. The summed E-state index contributed by atoms with van der Waals surface area (Å²) in [5.41, 5.74) is 11.4. The molecule has 19 heavy (non-hydrogen) atoms. The highest BCUT2D eigenvalue weighted by molar-refractivity contribution is 5.96. The molecule has 4 N–H and O–H groups in total. The van der Waals surface area contributed by atoms with Crippen molar-refractivity contribution in [1.29, 1.82) is 0 Å². The average molecular weight is 254 g/mol. The minimum absolute atomic E-state index is 0.610. The summed E-state index contributed by atoms with van der Waals surface area (Å²) in [5, 5.41) is 1.23. The highest BCUT2D eigenvalue weighted by atomic mass is 14.9. The molecule has 98 valence electrons. The number of imidazole rings is 1. The molecule has 3 rings (SSSR count). The second-order valence-electron chi connectivity index (χ2n) is 4.96. The van der Waals surface area contributed by atoms with Crippen LogP contribution in [0.1, 0.15) is 17.1 Å². The molecule has 1 aromatic carbocycles. The maximum absolute atomic E-state index is 5.56. The van der Waals surface area contributed by atoms with Crippen LogP contribution in [-0.4, -0.2) is 21.5 Å². The number of benzene rings is 1. The van der Waals surface area contributed by atoms with Crippen molar-refractivity contribution >= 4 is 10.9 Å². The van der Waals surface area contributed by atoms with Gasteiger partial charge >= 0.3 is 0 Å². The molecule has 0 unspecified atom stereocenters. The van der Waals surface area contributed by atoms with Crippen LogP contribution in [0, 0.1) is 13.8 Å². The van der Waals surface area contributed by atoms with Crippen molar-refractivity contribution in [3.05, 3.63) is 41.5 Å². The third kappa shape index (κ3) is 2.04. The largest absolute Gasteiger partial charge is 0.358 e. The Balaban J connectivity index is 2.15. The minimum atomic E-state index is 0.610. The number of fused-ring (bicyclic) bond motifs is 1. The molecule has 4 nitrogen and oxygen atoms in total. The van der Waals surface area contributed by atoms with Crippen LogP contribution in [0.2, 0.25) is 0 Å². The first-order valence-electron chi connectivity index (χ1n) is 6.52. The number of aryl methyl sites for hydroxylation is 2. The van der Waals surface area contributed by atoms with Crippen LogP contribution in [0.4, 0.5) is 0 Å². The quantitative estimate of drug-likeness (QED) is 0.672. The lowest BCUT2D eigenvalue weighted by Crippen LogP contribution is -2.03. The van der Waals surface area contributed by atoms with Crippen molar-refractivity contribution in [1.82, 2.24) is 15.0 Å². The van der Waals surface area contributed by atoms with Crippen LogP contribution in [0.3, 0.4) is 0 Å². The third-order valence-electron chi connectivity index (χ3n) is 3.42. The van der Waals surface area contributed by atoms with Crippen molar-refractivity contribution in [3.63, 3.8) is 0 Å². The summed E-state index contributed by atoms with van der Waals surface area (Å²) in [5.74, 6) is 0.943. The average Bonchev–Trinajstić information content (AvgIpc) is 2.92. The molecular formula is C15H18N4. The number of nitrogens with one attached hydrogen (secondary N) is 2. The second kappa shape index (κ2) is 4.55. The number of aromatic amines is 2.